The highest BCUT2D eigenvalue weighted by atomic mass is 32.2. The lowest BCUT2D eigenvalue weighted by Crippen LogP contribution is -2.41. The fourth-order valence-electron chi connectivity index (χ4n) is 3.80. The predicted octanol–water partition coefficient (Wildman–Crippen LogP) is 5.05. The maximum atomic E-state index is 13.1. The van der Waals surface area contributed by atoms with E-state index in [1.807, 2.05) is 60.7 Å². The van der Waals surface area contributed by atoms with Crippen LogP contribution < -0.4 is 4.74 Å². The van der Waals surface area contributed by atoms with Crippen LogP contribution in [0.3, 0.4) is 0 Å². The van der Waals surface area contributed by atoms with Crippen molar-refractivity contribution in [3.63, 3.8) is 0 Å². The lowest BCUT2D eigenvalue weighted by Gasteiger charge is -2.22. The van der Waals surface area contributed by atoms with Crippen molar-refractivity contribution in [1.29, 1.82) is 0 Å². The molecule has 0 saturated carbocycles. The maximum absolute atomic E-state index is 13.1. The summed E-state index contributed by atoms with van der Waals surface area (Å²) in [7, 11) is -0.811. The lowest BCUT2D eigenvalue weighted by atomic mass is 10.1. The number of ether oxygens (including phenoxy) is 2. The average molecular weight is 484 g/mol. The third kappa shape index (κ3) is 4.59. The van der Waals surface area contributed by atoms with Gasteiger partial charge < -0.3 is 9.47 Å². The number of benzene rings is 2. The number of esters is 1. The summed E-state index contributed by atoms with van der Waals surface area (Å²) in [6, 6.07) is 16.7. The van der Waals surface area contributed by atoms with Crippen molar-refractivity contribution < 1.29 is 22.7 Å². The van der Waals surface area contributed by atoms with Crippen molar-refractivity contribution in [2.24, 2.45) is 0 Å². The Balaban J connectivity index is 1.51. The summed E-state index contributed by atoms with van der Waals surface area (Å²) < 4.78 is 37.4. The number of hydrogen-bond acceptors (Lipinski definition) is 6. The first-order valence-electron chi connectivity index (χ1n) is 10.5. The van der Waals surface area contributed by atoms with E-state index in [0.717, 1.165) is 32.2 Å². The predicted molar refractivity (Wildman–Crippen MR) is 131 cm³/mol. The normalized spacial score (nSPS) is 16.0. The first-order valence-corrected chi connectivity index (χ1v) is 12.8. The van der Waals surface area contributed by atoms with Crippen LogP contribution in [0, 0.1) is 0 Å². The molecule has 0 spiro atoms. The van der Waals surface area contributed by atoms with Crippen LogP contribution in [0.4, 0.5) is 0 Å². The number of hydrogen-bond donors (Lipinski definition) is 0. The maximum Gasteiger partial charge on any atom is 0.324 e. The minimum absolute atomic E-state index is 0.193. The molecular formula is C25H25NO5S2. The van der Waals surface area contributed by atoms with E-state index in [9.17, 15) is 13.2 Å². The van der Waals surface area contributed by atoms with E-state index < -0.39 is 22.0 Å². The second-order valence-corrected chi connectivity index (χ2v) is 10.6. The summed E-state index contributed by atoms with van der Waals surface area (Å²) in [6.07, 6.45) is 4.42. The van der Waals surface area contributed by atoms with Crippen LogP contribution in [0.15, 0.2) is 59.5 Å². The minimum Gasteiger partial charge on any atom is -0.497 e. The molecule has 6 nitrogen and oxygen atoms in total. The van der Waals surface area contributed by atoms with E-state index in [0.29, 0.717) is 6.42 Å². The molecule has 33 heavy (non-hydrogen) atoms. The van der Waals surface area contributed by atoms with Gasteiger partial charge in [0.15, 0.2) is 0 Å². The number of carbonyl (C=O) groups excluding carboxylic acids is 1. The third-order valence-corrected chi connectivity index (χ3v) is 8.86. The van der Waals surface area contributed by atoms with Gasteiger partial charge in [-0.3, -0.25) is 4.79 Å². The van der Waals surface area contributed by atoms with Gasteiger partial charge in [-0.25, -0.2) is 8.42 Å². The van der Waals surface area contributed by atoms with Crippen LogP contribution in [0.5, 0.6) is 5.75 Å². The Hall–Kier alpha value is -2.94. The molecule has 8 heteroatoms. The molecule has 0 radical (unpaired) electrons. The molecule has 0 amide bonds. The third-order valence-electron chi connectivity index (χ3n) is 5.64. The highest BCUT2D eigenvalue weighted by molar-refractivity contribution is 7.89. The Kier molecular flexibility index (Phi) is 6.69. The molecule has 1 aliphatic heterocycles. The molecule has 3 aromatic rings. The summed E-state index contributed by atoms with van der Waals surface area (Å²) in [4.78, 5) is 14.0. The molecule has 172 valence electrons. The molecule has 1 aliphatic rings. The Labute approximate surface area is 198 Å². The zero-order valence-corrected chi connectivity index (χ0v) is 20.3. The first-order chi connectivity index (χ1) is 15.9. The van der Waals surface area contributed by atoms with E-state index in [-0.39, 0.29) is 11.4 Å². The number of carbonyl (C=O) groups is 1. The molecular weight excluding hydrogens is 458 g/mol. The number of rotatable bonds is 7. The SMILES string of the molecule is CCC(C(=O)OC)N1Cc2sc(-c3ccc(/C=C/c4ccc(OC)cc4)cc3)cc2S1(=O)=O. The second-order valence-electron chi connectivity index (χ2n) is 7.62. The smallest absolute Gasteiger partial charge is 0.324 e. The topological polar surface area (TPSA) is 72.9 Å². The first kappa shape index (κ1) is 23.2. The molecule has 0 aliphatic carbocycles. The van der Waals surface area contributed by atoms with Crippen molar-refractivity contribution in [3.8, 4) is 16.2 Å². The van der Waals surface area contributed by atoms with Gasteiger partial charge in [0.25, 0.3) is 0 Å². The standard InChI is InChI=1S/C25H25NO5S2/c1-4-21(25(27)31-3)26-16-23-24(33(26,28)29)15-22(32-23)19-11-7-17(8-12-19)5-6-18-9-13-20(30-2)14-10-18/h5-15,21H,4,16H2,1-3H3/b6-5+. The number of nitrogens with zero attached hydrogens (tertiary/aromatic N) is 1. The fourth-order valence-corrected chi connectivity index (χ4v) is 7.20. The Morgan fingerprint density at radius 1 is 1.06 bits per heavy atom. The van der Waals surface area contributed by atoms with Crippen molar-refractivity contribution >= 4 is 39.5 Å². The summed E-state index contributed by atoms with van der Waals surface area (Å²) in [5.41, 5.74) is 3.07. The zero-order chi connectivity index (χ0) is 23.6. The molecule has 4 rings (SSSR count). The Bertz CT molecular complexity index is 1280. The number of methoxy groups -OCH3 is 2. The van der Waals surface area contributed by atoms with E-state index in [2.05, 4.69) is 0 Å². The van der Waals surface area contributed by atoms with Crippen LogP contribution >= 0.6 is 11.3 Å². The van der Waals surface area contributed by atoms with E-state index in [1.165, 1.54) is 22.8 Å². The Morgan fingerprint density at radius 2 is 1.67 bits per heavy atom. The van der Waals surface area contributed by atoms with Gasteiger partial charge >= 0.3 is 5.97 Å². The average Bonchev–Trinajstić information content (AvgIpc) is 3.37. The number of thiophene rings is 1. The van der Waals surface area contributed by atoms with Gasteiger partial charge in [0.1, 0.15) is 11.8 Å². The van der Waals surface area contributed by atoms with Crippen molar-refractivity contribution in [1.82, 2.24) is 4.31 Å². The summed E-state index contributed by atoms with van der Waals surface area (Å²) in [5.74, 6) is 0.287. The second kappa shape index (κ2) is 9.51. The molecule has 2 heterocycles. The van der Waals surface area contributed by atoms with Gasteiger partial charge in [-0.15, -0.1) is 11.3 Å². The van der Waals surface area contributed by atoms with Crippen LogP contribution in [0.1, 0.15) is 29.3 Å². The molecule has 0 fully saturated rings. The van der Waals surface area contributed by atoms with Crippen molar-refractivity contribution in [2.45, 2.75) is 30.8 Å². The lowest BCUT2D eigenvalue weighted by molar-refractivity contribution is -0.145. The molecule has 1 aromatic heterocycles. The van der Waals surface area contributed by atoms with Gasteiger partial charge in [-0.05, 0) is 41.3 Å². The summed E-state index contributed by atoms with van der Waals surface area (Å²) >= 11 is 1.45. The fraction of sp³-hybridized carbons (Fsp3) is 0.240. The molecule has 0 N–H and O–H groups in total. The van der Waals surface area contributed by atoms with Gasteiger partial charge in [0, 0.05) is 9.75 Å². The van der Waals surface area contributed by atoms with Crippen LogP contribution in [-0.4, -0.2) is 39.0 Å². The molecule has 2 aromatic carbocycles. The molecule has 1 unspecified atom stereocenters. The quantitative estimate of drug-likeness (QED) is 0.347. The van der Waals surface area contributed by atoms with E-state index in [4.69, 9.17) is 9.47 Å². The van der Waals surface area contributed by atoms with E-state index in [1.54, 1.807) is 20.1 Å². The zero-order valence-electron chi connectivity index (χ0n) is 18.6. The van der Waals surface area contributed by atoms with E-state index >= 15 is 0 Å². The van der Waals surface area contributed by atoms with Crippen LogP contribution in [0.2, 0.25) is 0 Å². The molecule has 1 atom stereocenters. The Morgan fingerprint density at radius 3 is 2.18 bits per heavy atom. The van der Waals surface area contributed by atoms with Crippen LogP contribution in [0.25, 0.3) is 22.6 Å². The number of sulfonamides is 1. The summed E-state index contributed by atoms with van der Waals surface area (Å²) in [6.45, 7) is 1.97. The highest BCUT2D eigenvalue weighted by Crippen LogP contribution is 2.42. The van der Waals surface area contributed by atoms with Crippen molar-refractivity contribution in [2.75, 3.05) is 14.2 Å². The highest BCUT2D eigenvalue weighted by Gasteiger charge is 2.43. The molecule has 0 saturated heterocycles. The van der Waals surface area contributed by atoms with Crippen LogP contribution in [-0.2, 0) is 26.1 Å². The van der Waals surface area contributed by atoms with Gasteiger partial charge in [-0.2, -0.15) is 4.31 Å². The van der Waals surface area contributed by atoms with Gasteiger partial charge in [0.2, 0.25) is 10.0 Å². The summed E-state index contributed by atoms with van der Waals surface area (Å²) in [5, 5.41) is 0. The monoisotopic (exact) mass is 483 g/mol. The largest absolute Gasteiger partial charge is 0.497 e. The number of fused-ring (bicyclic) bond motifs is 1. The van der Waals surface area contributed by atoms with Crippen molar-refractivity contribution in [3.05, 3.63) is 70.6 Å². The molecule has 0 bridgehead atoms. The minimum atomic E-state index is -3.73. The van der Waals surface area contributed by atoms with Gasteiger partial charge in [-0.1, -0.05) is 55.5 Å². The van der Waals surface area contributed by atoms with Gasteiger partial charge in [0.05, 0.1) is 25.7 Å².